The van der Waals surface area contributed by atoms with Crippen molar-refractivity contribution in [1.29, 1.82) is 0 Å². The maximum absolute atomic E-state index is 14.8. The molecule has 0 aromatic heterocycles. The normalized spacial score (nSPS) is 12.6. The largest absolute Gasteiger partial charge is 0.460 e. The number of nitrogens with one attached hydrogen (secondary N) is 1. The molecule has 0 spiro atoms. The summed E-state index contributed by atoms with van der Waals surface area (Å²) in [4.78, 5) is 39.3. The van der Waals surface area contributed by atoms with Crippen LogP contribution in [0.5, 0.6) is 0 Å². The number of halogens is 3. The number of alkyl halides is 2. The molecule has 10 heteroatoms. The second-order valence-electron chi connectivity index (χ2n) is 9.72. The van der Waals surface area contributed by atoms with E-state index >= 15 is 0 Å². The number of esters is 2. The van der Waals surface area contributed by atoms with Crippen molar-refractivity contribution in [2.75, 3.05) is 29.7 Å². The molecule has 0 saturated carbocycles. The maximum atomic E-state index is 14.8. The number of anilines is 1. The SMILES string of the molecule is CC(C)(C)OC(=O)CCC(NC(=O)c1ccc(N(CCCl)CCCl)c(F)c1)C(=O)OC(C)(C)C. The van der Waals surface area contributed by atoms with Gasteiger partial charge in [-0.15, -0.1) is 23.2 Å². The molecule has 1 N–H and O–H groups in total. The molecule has 1 atom stereocenters. The predicted molar refractivity (Wildman–Crippen MR) is 132 cm³/mol. The third-order valence-electron chi connectivity index (χ3n) is 4.31. The Morgan fingerprint density at radius 1 is 1.00 bits per heavy atom. The molecule has 7 nitrogen and oxygen atoms in total. The quantitative estimate of drug-likeness (QED) is 0.337. The van der Waals surface area contributed by atoms with E-state index in [1.165, 1.54) is 12.1 Å². The fourth-order valence-electron chi connectivity index (χ4n) is 2.98. The molecule has 0 radical (unpaired) electrons. The van der Waals surface area contributed by atoms with Gasteiger partial charge in [0.15, 0.2) is 0 Å². The molecule has 34 heavy (non-hydrogen) atoms. The zero-order valence-corrected chi connectivity index (χ0v) is 22.2. The third-order valence-corrected chi connectivity index (χ3v) is 4.65. The molecule has 0 heterocycles. The molecule has 1 aromatic carbocycles. The van der Waals surface area contributed by atoms with E-state index in [9.17, 15) is 18.8 Å². The van der Waals surface area contributed by atoms with E-state index in [0.29, 0.717) is 13.1 Å². The molecule has 1 aromatic rings. The van der Waals surface area contributed by atoms with Crippen LogP contribution in [0, 0.1) is 5.82 Å². The summed E-state index contributed by atoms with van der Waals surface area (Å²) in [5.74, 6) is -1.93. The van der Waals surface area contributed by atoms with Gasteiger partial charge in [0.1, 0.15) is 23.1 Å². The van der Waals surface area contributed by atoms with Gasteiger partial charge in [0, 0.05) is 36.8 Å². The van der Waals surface area contributed by atoms with E-state index in [4.69, 9.17) is 32.7 Å². The number of carbonyl (C=O) groups is 3. The molecule has 0 aliphatic carbocycles. The monoisotopic (exact) mass is 520 g/mol. The van der Waals surface area contributed by atoms with Crippen molar-refractivity contribution < 1.29 is 28.2 Å². The standard InChI is InChI=1S/C24H35Cl2FN2O5/c1-23(2,3)33-20(30)10-8-18(22(32)34-24(4,5)6)28-21(31)16-7-9-19(17(27)15-16)29(13-11-25)14-12-26/h7,9,15,18H,8,10-14H2,1-6H3,(H,28,31). The summed E-state index contributed by atoms with van der Waals surface area (Å²) in [5.41, 5.74) is -1.19. The Hall–Kier alpha value is -2.06. The number of ether oxygens (including phenoxy) is 2. The number of hydrogen-bond acceptors (Lipinski definition) is 6. The van der Waals surface area contributed by atoms with Gasteiger partial charge in [0.2, 0.25) is 0 Å². The van der Waals surface area contributed by atoms with Crippen molar-refractivity contribution in [3.05, 3.63) is 29.6 Å². The first kappa shape index (κ1) is 30.0. The van der Waals surface area contributed by atoms with E-state index in [-0.39, 0.29) is 35.9 Å². The Labute approximate surface area is 211 Å². The van der Waals surface area contributed by atoms with Crippen LogP contribution in [-0.4, -0.2) is 59.9 Å². The van der Waals surface area contributed by atoms with Crippen LogP contribution in [0.3, 0.4) is 0 Å². The summed E-state index contributed by atoms with van der Waals surface area (Å²) in [7, 11) is 0. The summed E-state index contributed by atoms with van der Waals surface area (Å²) in [6, 6.07) is 2.88. The average Bonchev–Trinajstić information content (AvgIpc) is 2.68. The first-order valence-corrected chi connectivity index (χ1v) is 12.2. The second kappa shape index (κ2) is 13.1. The van der Waals surface area contributed by atoms with E-state index in [1.54, 1.807) is 46.4 Å². The minimum atomic E-state index is -1.12. The van der Waals surface area contributed by atoms with Crippen LogP contribution in [0.15, 0.2) is 18.2 Å². The first-order chi connectivity index (χ1) is 15.7. The summed E-state index contributed by atoms with van der Waals surface area (Å²) in [6.07, 6.45) is -0.143. The molecule has 0 fully saturated rings. The van der Waals surface area contributed by atoms with Crippen LogP contribution < -0.4 is 10.2 Å². The van der Waals surface area contributed by atoms with E-state index in [0.717, 1.165) is 6.07 Å². The zero-order chi connectivity index (χ0) is 26.1. The molecule has 0 aliphatic heterocycles. The van der Waals surface area contributed by atoms with Gasteiger partial charge >= 0.3 is 11.9 Å². The second-order valence-corrected chi connectivity index (χ2v) is 10.5. The van der Waals surface area contributed by atoms with Gasteiger partial charge in [-0.2, -0.15) is 0 Å². The molecule has 1 unspecified atom stereocenters. The lowest BCUT2D eigenvalue weighted by Gasteiger charge is -2.25. The third kappa shape index (κ3) is 10.9. The van der Waals surface area contributed by atoms with Crippen LogP contribution in [0.2, 0.25) is 0 Å². The Kier molecular flexibility index (Phi) is 11.6. The fraction of sp³-hybridized carbons (Fsp3) is 0.625. The average molecular weight is 521 g/mol. The minimum absolute atomic E-state index is 0.0174. The van der Waals surface area contributed by atoms with Gasteiger partial charge in [-0.25, -0.2) is 9.18 Å². The van der Waals surface area contributed by atoms with Gasteiger partial charge in [0.05, 0.1) is 5.69 Å². The molecule has 192 valence electrons. The summed E-state index contributed by atoms with van der Waals surface area (Å²) < 4.78 is 25.4. The van der Waals surface area contributed by atoms with Crippen molar-refractivity contribution in [2.24, 2.45) is 0 Å². The molecular weight excluding hydrogens is 486 g/mol. The van der Waals surface area contributed by atoms with Crippen LogP contribution >= 0.6 is 23.2 Å². The Morgan fingerprint density at radius 2 is 1.56 bits per heavy atom. The van der Waals surface area contributed by atoms with Crippen LogP contribution in [0.4, 0.5) is 10.1 Å². The van der Waals surface area contributed by atoms with E-state index < -0.39 is 40.9 Å². The number of carbonyl (C=O) groups excluding carboxylic acids is 3. The smallest absolute Gasteiger partial charge is 0.329 e. The number of benzene rings is 1. The molecule has 0 saturated heterocycles. The number of amides is 1. The summed E-state index contributed by atoms with van der Waals surface area (Å²) in [6.45, 7) is 11.1. The lowest BCUT2D eigenvalue weighted by Crippen LogP contribution is -2.44. The fourth-order valence-corrected chi connectivity index (χ4v) is 3.39. The van der Waals surface area contributed by atoms with Crippen LogP contribution in [-0.2, 0) is 19.1 Å². The highest BCUT2D eigenvalue weighted by Gasteiger charge is 2.29. The van der Waals surface area contributed by atoms with Crippen molar-refractivity contribution in [1.82, 2.24) is 5.32 Å². The lowest BCUT2D eigenvalue weighted by atomic mass is 10.1. The molecule has 1 amide bonds. The number of rotatable bonds is 11. The highest BCUT2D eigenvalue weighted by molar-refractivity contribution is 6.18. The van der Waals surface area contributed by atoms with Crippen LogP contribution in [0.25, 0.3) is 0 Å². The Balaban J connectivity index is 3.03. The van der Waals surface area contributed by atoms with Crippen molar-refractivity contribution >= 4 is 46.7 Å². The Bertz CT molecular complexity index is 847. The molecule has 0 bridgehead atoms. The van der Waals surface area contributed by atoms with Crippen molar-refractivity contribution in [3.8, 4) is 0 Å². The zero-order valence-electron chi connectivity index (χ0n) is 20.7. The Morgan fingerprint density at radius 3 is 2.03 bits per heavy atom. The van der Waals surface area contributed by atoms with Gasteiger partial charge in [0.25, 0.3) is 5.91 Å². The number of hydrogen-bond donors (Lipinski definition) is 1. The van der Waals surface area contributed by atoms with E-state index in [1.807, 2.05) is 0 Å². The van der Waals surface area contributed by atoms with Gasteiger partial charge < -0.3 is 19.7 Å². The predicted octanol–water partition coefficient (Wildman–Crippen LogP) is 4.67. The summed E-state index contributed by atoms with van der Waals surface area (Å²) >= 11 is 11.6. The molecule has 0 aliphatic rings. The van der Waals surface area contributed by atoms with Gasteiger partial charge in [-0.1, -0.05) is 0 Å². The molecular formula is C24H35Cl2FN2O5. The number of nitrogens with zero attached hydrogens (tertiary/aromatic N) is 1. The summed E-state index contributed by atoms with van der Waals surface area (Å²) in [5, 5.41) is 2.56. The van der Waals surface area contributed by atoms with Gasteiger partial charge in [-0.3, -0.25) is 9.59 Å². The van der Waals surface area contributed by atoms with E-state index in [2.05, 4.69) is 5.32 Å². The van der Waals surface area contributed by atoms with Crippen LogP contribution in [0.1, 0.15) is 64.7 Å². The van der Waals surface area contributed by atoms with Crippen molar-refractivity contribution in [3.63, 3.8) is 0 Å². The highest BCUT2D eigenvalue weighted by Crippen LogP contribution is 2.21. The van der Waals surface area contributed by atoms with Crippen molar-refractivity contribution in [2.45, 2.75) is 71.6 Å². The highest BCUT2D eigenvalue weighted by atomic mass is 35.5. The molecule has 1 rings (SSSR count). The first-order valence-electron chi connectivity index (χ1n) is 11.1. The van der Waals surface area contributed by atoms with Gasteiger partial charge in [-0.05, 0) is 66.2 Å². The topological polar surface area (TPSA) is 84.9 Å². The maximum Gasteiger partial charge on any atom is 0.329 e. The lowest BCUT2D eigenvalue weighted by molar-refractivity contribution is -0.158. The minimum Gasteiger partial charge on any atom is -0.460 e.